The Hall–Kier alpha value is -1.38. The second-order valence-electron chi connectivity index (χ2n) is 4.31. The predicted molar refractivity (Wildman–Crippen MR) is 58.0 cm³/mol. The van der Waals surface area contributed by atoms with Crippen LogP contribution in [0, 0.1) is 0 Å². The van der Waals surface area contributed by atoms with Crippen molar-refractivity contribution in [1.29, 1.82) is 0 Å². The van der Waals surface area contributed by atoms with Crippen LogP contribution < -0.4 is 5.32 Å². The Morgan fingerprint density at radius 1 is 1.00 bits per heavy atom. The molecule has 78 valence electrons. The molecule has 0 unspecified atom stereocenters. The molecule has 15 heavy (non-hydrogen) atoms. The first-order valence-electron chi connectivity index (χ1n) is 5.64. The molecule has 1 amide bonds. The maximum atomic E-state index is 10.6. The lowest BCUT2D eigenvalue weighted by Gasteiger charge is -2.12. The van der Waals surface area contributed by atoms with Crippen LogP contribution in [0.2, 0.25) is 0 Å². The van der Waals surface area contributed by atoms with Crippen LogP contribution in [-0.2, 0) is 30.5 Å². The number of rotatable bonds is 2. The van der Waals surface area contributed by atoms with Crippen molar-refractivity contribution in [2.75, 3.05) is 5.32 Å². The Morgan fingerprint density at radius 3 is 2.13 bits per heavy atom. The number of hydrogen-bond acceptors (Lipinski definition) is 2. The number of aromatic nitrogens is 1. The van der Waals surface area contributed by atoms with Gasteiger partial charge >= 0.3 is 0 Å². The number of carbonyl (C=O) groups is 1. The van der Waals surface area contributed by atoms with Crippen LogP contribution in [0.5, 0.6) is 0 Å². The monoisotopic (exact) mass is 202 g/mol. The van der Waals surface area contributed by atoms with Crippen LogP contribution in [0.3, 0.4) is 0 Å². The van der Waals surface area contributed by atoms with Gasteiger partial charge in [0.25, 0.3) is 0 Å². The van der Waals surface area contributed by atoms with E-state index in [-0.39, 0.29) is 0 Å². The molecule has 1 aromatic heterocycles. The molecule has 0 atom stereocenters. The lowest BCUT2D eigenvalue weighted by Crippen LogP contribution is -2.05. The fourth-order valence-corrected chi connectivity index (χ4v) is 2.82. The number of anilines is 1. The lowest BCUT2D eigenvalue weighted by atomic mass is 10.1. The van der Waals surface area contributed by atoms with Crippen molar-refractivity contribution in [2.24, 2.45) is 0 Å². The third-order valence-electron chi connectivity index (χ3n) is 3.45. The molecule has 2 aliphatic rings. The Kier molecular flexibility index (Phi) is 1.97. The van der Waals surface area contributed by atoms with E-state index in [9.17, 15) is 4.79 Å². The Morgan fingerprint density at radius 2 is 1.60 bits per heavy atom. The first-order chi connectivity index (χ1) is 7.40. The third kappa shape index (κ3) is 1.26. The zero-order valence-corrected chi connectivity index (χ0v) is 8.68. The number of nitrogens with one attached hydrogen (secondary N) is 1. The fourth-order valence-electron chi connectivity index (χ4n) is 2.82. The molecule has 0 aliphatic heterocycles. The molecule has 1 heterocycles. The SMILES string of the molecule is O=CNc1c2c(nc3c1CCC3)CCC2. The number of nitrogens with zero attached hydrogens (tertiary/aromatic N) is 1. The normalized spacial score (nSPS) is 17.3. The summed E-state index contributed by atoms with van der Waals surface area (Å²) < 4.78 is 0. The van der Waals surface area contributed by atoms with Gasteiger partial charge in [-0.05, 0) is 49.7 Å². The van der Waals surface area contributed by atoms with Gasteiger partial charge in [0.2, 0.25) is 6.41 Å². The van der Waals surface area contributed by atoms with Crippen LogP contribution in [-0.4, -0.2) is 11.4 Å². The summed E-state index contributed by atoms with van der Waals surface area (Å²) in [6.45, 7) is 0. The first-order valence-corrected chi connectivity index (χ1v) is 5.64. The van der Waals surface area contributed by atoms with Crippen LogP contribution in [0.4, 0.5) is 5.69 Å². The zero-order valence-electron chi connectivity index (χ0n) is 8.68. The molecular formula is C12H14N2O. The van der Waals surface area contributed by atoms with E-state index >= 15 is 0 Å². The van der Waals surface area contributed by atoms with Crippen molar-refractivity contribution in [3.63, 3.8) is 0 Å². The van der Waals surface area contributed by atoms with Crippen molar-refractivity contribution in [3.05, 3.63) is 22.5 Å². The maximum absolute atomic E-state index is 10.6. The zero-order chi connectivity index (χ0) is 10.3. The van der Waals surface area contributed by atoms with Crippen LogP contribution in [0.25, 0.3) is 0 Å². The van der Waals surface area contributed by atoms with Crippen molar-refractivity contribution in [1.82, 2.24) is 4.98 Å². The number of hydrogen-bond donors (Lipinski definition) is 1. The van der Waals surface area contributed by atoms with Gasteiger partial charge in [-0.2, -0.15) is 0 Å². The molecule has 3 nitrogen and oxygen atoms in total. The average molecular weight is 202 g/mol. The highest BCUT2D eigenvalue weighted by Crippen LogP contribution is 2.36. The van der Waals surface area contributed by atoms with E-state index in [4.69, 9.17) is 4.98 Å². The molecule has 0 aromatic carbocycles. The average Bonchev–Trinajstić information content (AvgIpc) is 2.84. The van der Waals surface area contributed by atoms with Gasteiger partial charge < -0.3 is 5.32 Å². The molecular weight excluding hydrogens is 188 g/mol. The van der Waals surface area contributed by atoms with Crippen molar-refractivity contribution in [3.8, 4) is 0 Å². The van der Waals surface area contributed by atoms with E-state index in [0.717, 1.165) is 37.8 Å². The van der Waals surface area contributed by atoms with Crippen LogP contribution in [0.1, 0.15) is 35.4 Å². The fraction of sp³-hybridized carbons (Fsp3) is 0.500. The topological polar surface area (TPSA) is 42.0 Å². The van der Waals surface area contributed by atoms with Gasteiger partial charge in [-0.3, -0.25) is 9.78 Å². The number of amides is 1. The van der Waals surface area contributed by atoms with E-state index in [0.29, 0.717) is 0 Å². The van der Waals surface area contributed by atoms with E-state index < -0.39 is 0 Å². The van der Waals surface area contributed by atoms with Gasteiger partial charge in [0.05, 0.1) is 5.69 Å². The summed E-state index contributed by atoms with van der Waals surface area (Å²) in [6, 6.07) is 0. The summed E-state index contributed by atoms with van der Waals surface area (Å²) in [5.74, 6) is 0. The first kappa shape index (κ1) is 8.89. The molecule has 2 aliphatic carbocycles. The molecule has 1 aromatic rings. The molecule has 0 fully saturated rings. The summed E-state index contributed by atoms with van der Waals surface area (Å²) in [4.78, 5) is 15.4. The summed E-state index contributed by atoms with van der Waals surface area (Å²) >= 11 is 0. The van der Waals surface area contributed by atoms with Gasteiger partial charge in [-0.15, -0.1) is 0 Å². The number of carbonyl (C=O) groups excluding carboxylic acids is 1. The highest BCUT2D eigenvalue weighted by Gasteiger charge is 2.24. The third-order valence-corrected chi connectivity index (χ3v) is 3.45. The molecule has 1 N–H and O–H groups in total. The smallest absolute Gasteiger partial charge is 0.211 e. The molecule has 0 bridgehead atoms. The van der Waals surface area contributed by atoms with Gasteiger partial charge in [-0.1, -0.05) is 0 Å². The van der Waals surface area contributed by atoms with Crippen molar-refractivity contribution < 1.29 is 4.79 Å². The summed E-state index contributed by atoms with van der Waals surface area (Å²) in [7, 11) is 0. The predicted octanol–water partition coefficient (Wildman–Crippen LogP) is 1.63. The number of pyridine rings is 1. The lowest BCUT2D eigenvalue weighted by molar-refractivity contribution is -0.105. The van der Waals surface area contributed by atoms with Gasteiger partial charge in [0, 0.05) is 11.4 Å². The quantitative estimate of drug-likeness (QED) is 0.740. The summed E-state index contributed by atoms with van der Waals surface area (Å²) in [5, 5.41) is 2.89. The van der Waals surface area contributed by atoms with Crippen LogP contribution >= 0.6 is 0 Å². The van der Waals surface area contributed by atoms with E-state index in [1.165, 1.54) is 35.4 Å². The largest absolute Gasteiger partial charge is 0.328 e. The maximum Gasteiger partial charge on any atom is 0.211 e. The molecule has 0 radical (unpaired) electrons. The molecule has 0 saturated carbocycles. The molecule has 0 saturated heterocycles. The van der Waals surface area contributed by atoms with Gasteiger partial charge in [-0.25, -0.2) is 0 Å². The standard InChI is InChI=1S/C12H14N2O/c15-7-13-12-8-3-1-5-10(8)14-11-6-2-4-9(11)12/h7H,1-6H2,(H,13,14,15). The Labute approximate surface area is 88.9 Å². The minimum Gasteiger partial charge on any atom is -0.328 e. The van der Waals surface area contributed by atoms with Crippen LogP contribution in [0.15, 0.2) is 0 Å². The highest BCUT2D eigenvalue weighted by molar-refractivity contribution is 5.77. The number of aryl methyl sites for hydroxylation is 2. The molecule has 3 rings (SSSR count). The summed E-state index contributed by atoms with van der Waals surface area (Å²) in [5.41, 5.74) is 6.12. The Bertz CT molecular complexity index is 394. The van der Waals surface area contributed by atoms with Crippen molar-refractivity contribution >= 4 is 12.1 Å². The minimum atomic E-state index is 0.798. The minimum absolute atomic E-state index is 0.798. The van der Waals surface area contributed by atoms with E-state index in [1.54, 1.807) is 0 Å². The molecule has 3 heteroatoms. The highest BCUT2D eigenvalue weighted by atomic mass is 16.1. The van der Waals surface area contributed by atoms with Gasteiger partial charge in [0.15, 0.2) is 0 Å². The van der Waals surface area contributed by atoms with E-state index in [1.807, 2.05) is 0 Å². The van der Waals surface area contributed by atoms with E-state index in [2.05, 4.69) is 5.32 Å². The summed E-state index contributed by atoms with van der Waals surface area (Å²) in [6.07, 6.45) is 7.47. The Balaban J connectivity index is 2.19. The second-order valence-corrected chi connectivity index (χ2v) is 4.31. The van der Waals surface area contributed by atoms with Crippen molar-refractivity contribution in [2.45, 2.75) is 38.5 Å². The second kappa shape index (κ2) is 3.33. The number of fused-ring (bicyclic) bond motifs is 2. The van der Waals surface area contributed by atoms with Gasteiger partial charge in [0.1, 0.15) is 0 Å². The molecule has 0 spiro atoms.